The van der Waals surface area contributed by atoms with Gasteiger partial charge in [0.15, 0.2) is 6.10 Å². The lowest BCUT2D eigenvalue weighted by Gasteiger charge is -2.20. The predicted molar refractivity (Wildman–Crippen MR) is 194 cm³/mol. The Morgan fingerprint density at radius 1 is 0.551 bits per heavy atom. The molecule has 0 heterocycles. The fourth-order valence-corrected chi connectivity index (χ4v) is 6.26. The normalized spacial score (nSPS) is 13.9. The molecule has 0 fully saturated rings. The van der Waals surface area contributed by atoms with E-state index < -0.39 is 51.1 Å². The zero-order valence-electron chi connectivity index (χ0n) is 31.1. The molecule has 3 atom stereocenters. The van der Waals surface area contributed by atoms with Crippen molar-refractivity contribution in [3.8, 4) is 0 Å². The molecule has 0 spiro atoms. The fourth-order valence-electron chi connectivity index (χ4n) is 5.48. The van der Waals surface area contributed by atoms with Crippen LogP contribution in [0.4, 0.5) is 0 Å². The highest BCUT2D eigenvalue weighted by Gasteiger charge is 2.28. The standard InChI is InChI=1S/C37H72NO10P/c1-3-5-7-9-11-13-15-16-17-19-20-22-24-26-28-35(39)45-30-33(31-46-49(43,44)47-32-34(38)37(41)42)48-36(40)29-27-25-23-21-18-14-12-10-8-6-4-2/h33-34H,3-32,38H2,1-2H3,(H,41,42)(H,43,44)/t33-,34+/m1/s1. The molecule has 0 bridgehead atoms. The van der Waals surface area contributed by atoms with Gasteiger partial charge in [0, 0.05) is 12.8 Å². The first-order valence-corrected chi connectivity index (χ1v) is 21.1. The number of carboxylic acid groups (broad SMARTS) is 1. The second-order valence-electron chi connectivity index (χ2n) is 13.4. The van der Waals surface area contributed by atoms with Crippen LogP contribution < -0.4 is 5.73 Å². The molecule has 0 amide bonds. The van der Waals surface area contributed by atoms with Gasteiger partial charge in [-0.2, -0.15) is 0 Å². The van der Waals surface area contributed by atoms with Gasteiger partial charge in [-0.15, -0.1) is 0 Å². The minimum Gasteiger partial charge on any atom is -0.480 e. The molecule has 11 nitrogen and oxygen atoms in total. The molecule has 0 aromatic heterocycles. The number of carboxylic acids is 1. The number of nitrogens with two attached hydrogens (primary N) is 1. The number of hydrogen-bond donors (Lipinski definition) is 3. The number of ether oxygens (including phenoxy) is 2. The van der Waals surface area contributed by atoms with Crippen LogP contribution in [0.15, 0.2) is 0 Å². The molecule has 0 aliphatic carbocycles. The van der Waals surface area contributed by atoms with Crippen molar-refractivity contribution in [1.29, 1.82) is 0 Å². The van der Waals surface area contributed by atoms with E-state index in [1.807, 2.05) is 0 Å². The quantitative estimate of drug-likeness (QED) is 0.0317. The highest BCUT2D eigenvalue weighted by Crippen LogP contribution is 2.43. The molecular formula is C37H72NO10P. The Hall–Kier alpha value is -1.52. The number of phosphoric acid groups is 1. The van der Waals surface area contributed by atoms with E-state index in [-0.39, 0.29) is 19.4 Å². The Labute approximate surface area is 297 Å². The average molecular weight is 722 g/mol. The van der Waals surface area contributed by atoms with Crippen LogP contribution >= 0.6 is 7.82 Å². The largest absolute Gasteiger partial charge is 0.480 e. The molecule has 0 saturated carbocycles. The SMILES string of the molecule is CCCCCCCCCCCCCCCCC(=O)OC[C@H](COP(=O)(O)OC[C@H](N)C(=O)O)OC(=O)CCCCCCCCCCCCC. The van der Waals surface area contributed by atoms with Gasteiger partial charge in [-0.05, 0) is 12.8 Å². The molecule has 0 aromatic rings. The molecule has 4 N–H and O–H groups in total. The summed E-state index contributed by atoms with van der Waals surface area (Å²) in [4.78, 5) is 45.7. The van der Waals surface area contributed by atoms with Crippen LogP contribution in [0.2, 0.25) is 0 Å². The van der Waals surface area contributed by atoms with Crippen LogP contribution in [0.5, 0.6) is 0 Å². The third-order valence-electron chi connectivity index (χ3n) is 8.61. The van der Waals surface area contributed by atoms with E-state index in [9.17, 15) is 23.8 Å². The van der Waals surface area contributed by atoms with Gasteiger partial charge in [-0.25, -0.2) is 4.57 Å². The van der Waals surface area contributed by atoms with Crippen molar-refractivity contribution < 1.29 is 47.5 Å². The van der Waals surface area contributed by atoms with E-state index in [1.165, 1.54) is 109 Å². The molecule has 0 radical (unpaired) electrons. The average Bonchev–Trinajstić information content (AvgIpc) is 3.07. The van der Waals surface area contributed by atoms with Gasteiger partial charge in [0.25, 0.3) is 0 Å². The molecule has 49 heavy (non-hydrogen) atoms. The minimum absolute atomic E-state index is 0.168. The van der Waals surface area contributed by atoms with Gasteiger partial charge in [-0.3, -0.25) is 23.4 Å². The van der Waals surface area contributed by atoms with Gasteiger partial charge in [0.05, 0.1) is 13.2 Å². The first kappa shape index (κ1) is 47.5. The van der Waals surface area contributed by atoms with Gasteiger partial charge < -0.3 is 25.2 Å². The summed E-state index contributed by atoms with van der Waals surface area (Å²) >= 11 is 0. The summed E-state index contributed by atoms with van der Waals surface area (Å²) in [7, 11) is -4.70. The summed E-state index contributed by atoms with van der Waals surface area (Å²) in [5, 5.41) is 8.85. The van der Waals surface area contributed by atoms with E-state index in [0.29, 0.717) is 12.8 Å². The number of rotatable bonds is 37. The molecular weight excluding hydrogens is 649 g/mol. The number of unbranched alkanes of at least 4 members (excludes halogenated alkanes) is 23. The lowest BCUT2D eigenvalue weighted by Crippen LogP contribution is -2.34. The molecule has 290 valence electrons. The Balaban J connectivity index is 4.38. The summed E-state index contributed by atoms with van der Waals surface area (Å²) in [6.07, 6.45) is 28.8. The van der Waals surface area contributed by atoms with Crippen molar-refractivity contribution in [1.82, 2.24) is 0 Å². The van der Waals surface area contributed by atoms with E-state index in [1.54, 1.807) is 0 Å². The van der Waals surface area contributed by atoms with Gasteiger partial charge in [0.2, 0.25) is 0 Å². The number of hydrogen-bond acceptors (Lipinski definition) is 9. The molecule has 1 unspecified atom stereocenters. The fraction of sp³-hybridized carbons (Fsp3) is 0.919. The highest BCUT2D eigenvalue weighted by molar-refractivity contribution is 7.47. The summed E-state index contributed by atoms with van der Waals surface area (Å²) < 4.78 is 32.5. The van der Waals surface area contributed by atoms with Crippen molar-refractivity contribution in [2.24, 2.45) is 5.73 Å². The third kappa shape index (κ3) is 33.4. The van der Waals surface area contributed by atoms with E-state index >= 15 is 0 Å². The van der Waals surface area contributed by atoms with Crippen LogP contribution in [-0.2, 0) is 37.5 Å². The molecule has 0 aliphatic rings. The lowest BCUT2D eigenvalue weighted by molar-refractivity contribution is -0.161. The van der Waals surface area contributed by atoms with Gasteiger partial charge in [0.1, 0.15) is 12.6 Å². The monoisotopic (exact) mass is 721 g/mol. The van der Waals surface area contributed by atoms with Crippen molar-refractivity contribution in [3.05, 3.63) is 0 Å². The Morgan fingerprint density at radius 3 is 1.29 bits per heavy atom. The lowest BCUT2D eigenvalue weighted by atomic mass is 10.0. The molecule has 0 aliphatic heterocycles. The zero-order valence-corrected chi connectivity index (χ0v) is 31.9. The summed E-state index contributed by atoms with van der Waals surface area (Å²) in [5.41, 5.74) is 5.31. The number of carbonyl (C=O) groups excluding carboxylic acids is 2. The van der Waals surface area contributed by atoms with E-state index in [4.69, 9.17) is 24.8 Å². The number of aliphatic carboxylic acids is 1. The van der Waals surface area contributed by atoms with Gasteiger partial charge in [-0.1, -0.05) is 162 Å². The van der Waals surface area contributed by atoms with Crippen molar-refractivity contribution in [2.75, 3.05) is 19.8 Å². The van der Waals surface area contributed by atoms with Crippen molar-refractivity contribution >= 4 is 25.7 Å². The molecule has 0 rings (SSSR count). The minimum atomic E-state index is -4.70. The Bertz CT molecular complexity index is 859. The van der Waals surface area contributed by atoms with E-state index in [2.05, 4.69) is 18.4 Å². The van der Waals surface area contributed by atoms with Crippen LogP contribution in [-0.4, -0.2) is 59.9 Å². The summed E-state index contributed by atoms with van der Waals surface area (Å²) in [5.74, 6) is -2.37. The van der Waals surface area contributed by atoms with Crippen LogP contribution in [0, 0.1) is 0 Å². The van der Waals surface area contributed by atoms with Crippen LogP contribution in [0.25, 0.3) is 0 Å². The van der Waals surface area contributed by atoms with Crippen molar-refractivity contribution in [3.63, 3.8) is 0 Å². The first-order chi connectivity index (χ1) is 23.6. The van der Waals surface area contributed by atoms with E-state index in [0.717, 1.165) is 38.5 Å². The zero-order chi connectivity index (χ0) is 36.4. The second-order valence-corrected chi connectivity index (χ2v) is 14.9. The highest BCUT2D eigenvalue weighted by atomic mass is 31.2. The number of carbonyl (C=O) groups is 3. The molecule has 0 aromatic carbocycles. The smallest absolute Gasteiger partial charge is 0.472 e. The van der Waals surface area contributed by atoms with Crippen LogP contribution in [0.1, 0.15) is 187 Å². The number of esters is 2. The second kappa shape index (κ2) is 33.6. The van der Waals surface area contributed by atoms with Gasteiger partial charge >= 0.3 is 25.7 Å². The van der Waals surface area contributed by atoms with Crippen LogP contribution in [0.3, 0.4) is 0 Å². The maximum Gasteiger partial charge on any atom is 0.472 e. The first-order valence-electron chi connectivity index (χ1n) is 19.6. The third-order valence-corrected chi connectivity index (χ3v) is 9.56. The summed E-state index contributed by atoms with van der Waals surface area (Å²) in [6, 6.07) is -1.51. The molecule has 0 saturated heterocycles. The maximum atomic E-state index is 12.5. The summed E-state index contributed by atoms with van der Waals surface area (Å²) in [6.45, 7) is 2.79. The molecule has 12 heteroatoms. The Morgan fingerprint density at radius 2 is 0.898 bits per heavy atom. The van der Waals surface area contributed by atoms with Crippen molar-refractivity contribution in [2.45, 2.75) is 199 Å². The maximum absolute atomic E-state index is 12.5. The number of phosphoric ester groups is 1. The topological polar surface area (TPSA) is 172 Å². The Kier molecular flexibility index (Phi) is 32.6. The predicted octanol–water partition coefficient (Wildman–Crippen LogP) is 9.56.